The minimum Gasteiger partial charge on any atom is -0.493 e. The van der Waals surface area contributed by atoms with Crippen LogP contribution in [-0.2, 0) is 0 Å². The zero-order valence-corrected chi connectivity index (χ0v) is 20.8. The van der Waals surface area contributed by atoms with Crippen LogP contribution in [0.15, 0.2) is 84.9 Å². The highest BCUT2D eigenvalue weighted by Crippen LogP contribution is 2.27. The summed E-state index contributed by atoms with van der Waals surface area (Å²) < 4.78 is 11.1. The molecule has 0 spiro atoms. The molecule has 5 nitrogen and oxygen atoms in total. The van der Waals surface area contributed by atoms with Crippen LogP contribution >= 0.6 is 0 Å². The van der Waals surface area contributed by atoms with Crippen molar-refractivity contribution in [3.8, 4) is 11.5 Å². The van der Waals surface area contributed by atoms with Gasteiger partial charge in [-0.3, -0.25) is 0 Å². The van der Waals surface area contributed by atoms with E-state index < -0.39 is 6.10 Å². The summed E-state index contributed by atoms with van der Waals surface area (Å²) in [5, 5.41) is 14.0. The van der Waals surface area contributed by atoms with Crippen LogP contribution in [-0.4, -0.2) is 62.0 Å². The number of methoxy groups -OCH3 is 1. The molecule has 0 heterocycles. The summed E-state index contributed by atoms with van der Waals surface area (Å²) in [5.41, 5.74) is 2.45. The van der Waals surface area contributed by atoms with Crippen molar-refractivity contribution in [3.63, 3.8) is 0 Å². The van der Waals surface area contributed by atoms with Gasteiger partial charge in [-0.25, -0.2) is 0 Å². The molecule has 0 aliphatic heterocycles. The highest BCUT2D eigenvalue weighted by atomic mass is 16.5. The highest BCUT2D eigenvalue weighted by molar-refractivity contribution is 5.39. The van der Waals surface area contributed by atoms with Gasteiger partial charge in [0.1, 0.15) is 12.7 Å². The summed E-state index contributed by atoms with van der Waals surface area (Å²) in [6.45, 7) is 6.71. The lowest BCUT2D eigenvalue weighted by Crippen LogP contribution is -2.51. The number of benzene rings is 3. The largest absolute Gasteiger partial charge is 0.493 e. The summed E-state index contributed by atoms with van der Waals surface area (Å²) >= 11 is 0. The number of β-amino-alcohol motifs (C(OH)–C–C–N with tert-alkyl or cyclic N) is 1. The predicted molar refractivity (Wildman–Crippen MR) is 139 cm³/mol. The molecule has 0 aromatic heterocycles. The fourth-order valence-electron chi connectivity index (χ4n) is 4.26. The van der Waals surface area contributed by atoms with Gasteiger partial charge >= 0.3 is 0 Å². The number of nitrogens with zero attached hydrogens (tertiary/aromatic N) is 1. The summed E-state index contributed by atoms with van der Waals surface area (Å²) in [5.74, 6) is 1.59. The summed E-state index contributed by atoms with van der Waals surface area (Å²) in [7, 11) is 3.77. The van der Waals surface area contributed by atoms with E-state index in [-0.39, 0.29) is 12.1 Å². The SMILES string of the molecule is COc1ccccc1OCC(O)CNC(C)(C)CN(C)CC(c1ccccc1)c1ccccc1. The Hall–Kier alpha value is -2.86. The second-order valence-electron chi connectivity index (χ2n) is 9.45. The fraction of sp³-hybridized carbons (Fsp3) is 0.379. The van der Waals surface area contributed by atoms with E-state index >= 15 is 0 Å². The molecule has 182 valence electrons. The maximum atomic E-state index is 10.5. The number of aliphatic hydroxyl groups is 1. The molecule has 3 aromatic rings. The van der Waals surface area contributed by atoms with Gasteiger partial charge in [-0.05, 0) is 44.2 Å². The van der Waals surface area contributed by atoms with Crippen molar-refractivity contribution in [1.29, 1.82) is 0 Å². The van der Waals surface area contributed by atoms with Gasteiger partial charge < -0.3 is 24.8 Å². The Labute approximate surface area is 204 Å². The molecule has 0 amide bonds. The third-order valence-electron chi connectivity index (χ3n) is 5.88. The Morgan fingerprint density at radius 3 is 1.94 bits per heavy atom. The minimum absolute atomic E-state index is 0.182. The maximum absolute atomic E-state index is 10.5. The van der Waals surface area contributed by atoms with Crippen molar-refractivity contribution in [1.82, 2.24) is 10.2 Å². The van der Waals surface area contributed by atoms with Gasteiger partial charge in [-0.2, -0.15) is 0 Å². The van der Waals surface area contributed by atoms with Crippen molar-refractivity contribution < 1.29 is 14.6 Å². The van der Waals surface area contributed by atoms with Crippen molar-refractivity contribution in [2.45, 2.75) is 31.4 Å². The molecule has 0 saturated heterocycles. The minimum atomic E-state index is -0.629. The molecule has 1 atom stereocenters. The third-order valence-corrected chi connectivity index (χ3v) is 5.88. The van der Waals surface area contributed by atoms with Gasteiger partial charge in [0.2, 0.25) is 0 Å². The second-order valence-corrected chi connectivity index (χ2v) is 9.45. The van der Waals surface area contributed by atoms with E-state index in [1.54, 1.807) is 7.11 Å². The Morgan fingerprint density at radius 2 is 1.38 bits per heavy atom. The maximum Gasteiger partial charge on any atom is 0.161 e. The lowest BCUT2D eigenvalue weighted by molar-refractivity contribution is 0.0936. The van der Waals surface area contributed by atoms with Crippen LogP contribution in [0.1, 0.15) is 30.9 Å². The van der Waals surface area contributed by atoms with E-state index in [4.69, 9.17) is 9.47 Å². The standard InChI is InChI=1S/C29H38N2O3/c1-29(2,30-19-25(32)21-34-28-18-12-11-17-27(28)33-4)22-31(3)20-26(23-13-7-5-8-14-23)24-15-9-6-10-16-24/h5-18,25-26,30,32H,19-22H2,1-4H3. The van der Waals surface area contributed by atoms with Gasteiger partial charge in [0.25, 0.3) is 0 Å². The van der Waals surface area contributed by atoms with Crippen LogP contribution in [0, 0.1) is 0 Å². The quantitative estimate of drug-likeness (QED) is 0.390. The molecule has 0 radical (unpaired) electrons. The Balaban J connectivity index is 1.53. The number of hydrogen-bond donors (Lipinski definition) is 2. The van der Waals surface area contributed by atoms with Crippen LogP contribution in [0.4, 0.5) is 0 Å². The molecular weight excluding hydrogens is 424 g/mol. The molecule has 0 aliphatic rings. The molecule has 1 unspecified atom stereocenters. The number of aliphatic hydroxyl groups excluding tert-OH is 1. The van der Waals surface area contributed by atoms with Gasteiger partial charge in [-0.15, -0.1) is 0 Å². The van der Waals surface area contributed by atoms with Crippen LogP contribution in [0.3, 0.4) is 0 Å². The molecule has 0 fully saturated rings. The molecule has 2 N–H and O–H groups in total. The molecule has 34 heavy (non-hydrogen) atoms. The first kappa shape index (κ1) is 25.8. The van der Waals surface area contributed by atoms with E-state index in [1.165, 1.54) is 11.1 Å². The van der Waals surface area contributed by atoms with Gasteiger partial charge in [0.05, 0.1) is 7.11 Å². The first-order chi connectivity index (χ1) is 16.4. The van der Waals surface area contributed by atoms with Gasteiger partial charge in [0.15, 0.2) is 11.5 Å². The summed E-state index contributed by atoms with van der Waals surface area (Å²) in [6.07, 6.45) is -0.629. The van der Waals surface area contributed by atoms with Crippen molar-refractivity contribution in [2.75, 3.05) is 40.4 Å². The molecule has 0 bridgehead atoms. The van der Waals surface area contributed by atoms with Crippen molar-refractivity contribution in [3.05, 3.63) is 96.1 Å². The van der Waals surface area contributed by atoms with Crippen LogP contribution in [0.25, 0.3) is 0 Å². The van der Waals surface area contributed by atoms with Gasteiger partial charge in [-0.1, -0.05) is 72.8 Å². The Kier molecular flexibility index (Phi) is 9.52. The Morgan fingerprint density at radius 1 is 0.853 bits per heavy atom. The van der Waals surface area contributed by atoms with Crippen LogP contribution in [0.2, 0.25) is 0 Å². The average molecular weight is 463 g/mol. The smallest absolute Gasteiger partial charge is 0.161 e. The number of ether oxygens (including phenoxy) is 2. The van der Waals surface area contributed by atoms with E-state index in [1.807, 2.05) is 24.3 Å². The summed E-state index contributed by atoms with van der Waals surface area (Å²) in [6, 6.07) is 28.8. The molecular formula is C29H38N2O3. The van der Waals surface area contributed by atoms with E-state index in [0.717, 1.165) is 13.1 Å². The van der Waals surface area contributed by atoms with Crippen LogP contribution in [0.5, 0.6) is 11.5 Å². The summed E-state index contributed by atoms with van der Waals surface area (Å²) in [4.78, 5) is 2.36. The predicted octanol–water partition coefficient (Wildman–Crippen LogP) is 4.57. The Bertz CT molecular complexity index is 939. The zero-order chi connectivity index (χ0) is 24.4. The van der Waals surface area contributed by atoms with E-state index in [2.05, 4.69) is 91.8 Å². The number of hydrogen-bond acceptors (Lipinski definition) is 5. The molecule has 0 aliphatic carbocycles. The molecule has 0 saturated carbocycles. The van der Waals surface area contributed by atoms with Gasteiger partial charge in [0, 0.05) is 31.1 Å². The lowest BCUT2D eigenvalue weighted by atomic mass is 9.90. The third kappa shape index (κ3) is 7.87. The highest BCUT2D eigenvalue weighted by Gasteiger charge is 2.24. The van der Waals surface area contributed by atoms with E-state index in [0.29, 0.717) is 24.0 Å². The first-order valence-corrected chi connectivity index (χ1v) is 11.9. The van der Waals surface area contributed by atoms with Crippen LogP contribution < -0.4 is 14.8 Å². The zero-order valence-electron chi connectivity index (χ0n) is 20.8. The number of nitrogens with one attached hydrogen (secondary N) is 1. The first-order valence-electron chi connectivity index (χ1n) is 11.9. The topological polar surface area (TPSA) is 54.0 Å². The number of para-hydroxylation sites is 2. The second kappa shape index (κ2) is 12.6. The lowest BCUT2D eigenvalue weighted by Gasteiger charge is -2.34. The van der Waals surface area contributed by atoms with E-state index in [9.17, 15) is 5.11 Å². The normalized spacial score (nSPS) is 12.7. The fourth-order valence-corrected chi connectivity index (χ4v) is 4.26. The number of rotatable bonds is 13. The molecule has 5 heteroatoms. The number of likely N-dealkylation sites (N-methyl/N-ethyl adjacent to an activating group) is 1. The molecule has 3 aromatic carbocycles. The monoisotopic (exact) mass is 462 g/mol. The average Bonchev–Trinajstić information content (AvgIpc) is 2.85. The van der Waals surface area contributed by atoms with Crippen molar-refractivity contribution >= 4 is 0 Å². The molecule has 3 rings (SSSR count). The van der Waals surface area contributed by atoms with Crippen molar-refractivity contribution in [2.24, 2.45) is 0 Å².